The fourth-order valence-electron chi connectivity index (χ4n) is 1.03. The molecule has 15 heavy (non-hydrogen) atoms. The van der Waals surface area contributed by atoms with Gasteiger partial charge in [-0.15, -0.1) is 0 Å². The molecule has 1 aromatic rings. The Morgan fingerprint density at radius 2 is 2.40 bits per heavy atom. The number of hydrogen-bond donors (Lipinski definition) is 0. The summed E-state index contributed by atoms with van der Waals surface area (Å²) >= 11 is 0. The van der Waals surface area contributed by atoms with Crippen LogP contribution in [-0.4, -0.2) is 35.2 Å². The van der Waals surface area contributed by atoms with E-state index in [9.17, 15) is 13.6 Å². The van der Waals surface area contributed by atoms with Crippen molar-refractivity contribution < 1.29 is 18.3 Å². The van der Waals surface area contributed by atoms with Crippen molar-refractivity contribution in [1.82, 2.24) is 9.78 Å². The van der Waals surface area contributed by atoms with Crippen LogP contribution in [0.1, 0.15) is 16.9 Å². The van der Waals surface area contributed by atoms with Crippen LogP contribution in [0, 0.1) is 0 Å². The normalized spacial score (nSPS) is 10.9. The lowest BCUT2D eigenvalue weighted by molar-refractivity contribution is 0.0169. The van der Waals surface area contributed by atoms with Crippen LogP contribution in [-0.2, 0) is 11.8 Å². The standard InChI is InChI=1S/C9H12F2N2O2/c1-13-4-2-7(12-13)8(14)3-5-15-6-9(10)11/h2,4,9H,3,5-6H2,1H3. The summed E-state index contributed by atoms with van der Waals surface area (Å²) in [5.41, 5.74) is 0.332. The van der Waals surface area contributed by atoms with Crippen LogP contribution in [0.15, 0.2) is 12.3 Å². The van der Waals surface area contributed by atoms with Crippen molar-refractivity contribution in [2.45, 2.75) is 12.8 Å². The van der Waals surface area contributed by atoms with Crippen LogP contribution in [0.4, 0.5) is 8.78 Å². The minimum absolute atomic E-state index is 0.000250. The summed E-state index contributed by atoms with van der Waals surface area (Å²) in [7, 11) is 1.70. The van der Waals surface area contributed by atoms with Gasteiger partial charge in [0.05, 0.1) is 6.61 Å². The van der Waals surface area contributed by atoms with Gasteiger partial charge in [-0.2, -0.15) is 5.10 Å². The smallest absolute Gasteiger partial charge is 0.261 e. The van der Waals surface area contributed by atoms with Crippen molar-refractivity contribution in [3.8, 4) is 0 Å². The lowest BCUT2D eigenvalue weighted by atomic mass is 10.2. The van der Waals surface area contributed by atoms with Crippen LogP contribution in [0.3, 0.4) is 0 Å². The number of halogens is 2. The molecule has 0 aromatic carbocycles. The van der Waals surface area contributed by atoms with Crippen molar-refractivity contribution in [1.29, 1.82) is 0 Å². The third kappa shape index (κ3) is 4.16. The summed E-state index contributed by atoms with van der Waals surface area (Å²) in [6.07, 6.45) is -0.772. The number of carbonyl (C=O) groups excluding carboxylic acids is 1. The maximum absolute atomic E-state index is 11.7. The zero-order valence-corrected chi connectivity index (χ0v) is 8.32. The molecule has 1 aromatic heterocycles. The number of aromatic nitrogens is 2. The molecule has 0 radical (unpaired) electrons. The maximum Gasteiger partial charge on any atom is 0.261 e. The molecule has 0 aliphatic rings. The van der Waals surface area contributed by atoms with E-state index in [1.165, 1.54) is 4.68 Å². The van der Waals surface area contributed by atoms with Gasteiger partial charge in [0.25, 0.3) is 6.43 Å². The van der Waals surface area contributed by atoms with E-state index in [1.54, 1.807) is 19.3 Å². The average molecular weight is 218 g/mol. The second-order valence-corrected chi connectivity index (χ2v) is 3.01. The summed E-state index contributed by atoms with van der Waals surface area (Å²) in [4.78, 5) is 11.4. The fraction of sp³-hybridized carbons (Fsp3) is 0.556. The van der Waals surface area contributed by atoms with Crippen molar-refractivity contribution in [2.75, 3.05) is 13.2 Å². The van der Waals surface area contributed by atoms with Crippen molar-refractivity contribution >= 4 is 5.78 Å². The van der Waals surface area contributed by atoms with Gasteiger partial charge >= 0.3 is 0 Å². The Hall–Kier alpha value is -1.30. The highest BCUT2D eigenvalue weighted by atomic mass is 19.3. The molecule has 0 fully saturated rings. The molecule has 0 unspecified atom stereocenters. The molecule has 84 valence electrons. The molecule has 0 atom stereocenters. The molecule has 1 rings (SSSR count). The third-order valence-electron chi connectivity index (χ3n) is 1.72. The van der Waals surface area contributed by atoms with Gasteiger partial charge < -0.3 is 4.74 Å². The van der Waals surface area contributed by atoms with Gasteiger partial charge in [-0.25, -0.2) is 8.78 Å². The van der Waals surface area contributed by atoms with E-state index in [2.05, 4.69) is 9.84 Å². The summed E-state index contributed by atoms with van der Waals surface area (Å²) in [5, 5.41) is 3.89. The Morgan fingerprint density at radius 3 is 2.93 bits per heavy atom. The minimum atomic E-state index is -2.49. The number of rotatable bonds is 6. The Labute approximate surface area is 85.8 Å². The van der Waals surface area contributed by atoms with Crippen LogP contribution in [0.25, 0.3) is 0 Å². The van der Waals surface area contributed by atoms with Gasteiger partial charge in [0, 0.05) is 19.7 Å². The molecule has 0 amide bonds. The summed E-state index contributed by atoms with van der Waals surface area (Å²) < 4.78 is 29.4. The molecule has 1 heterocycles. The summed E-state index contributed by atoms with van der Waals surface area (Å²) in [6.45, 7) is -0.630. The van der Waals surface area contributed by atoms with Crippen LogP contribution < -0.4 is 0 Å². The van der Waals surface area contributed by atoms with Crippen molar-refractivity contribution in [2.24, 2.45) is 7.05 Å². The molecule has 0 saturated carbocycles. The number of ether oxygens (including phenoxy) is 1. The Kier molecular flexibility index (Phi) is 4.36. The molecular weight excluding hydrogens is 206 g/mol. The van der Waals surface area contributed by atoms with Gasteiger partial charge in [-0.1, -0.05) is 0 Å². The number of alkyl halides is 2. The topological polar surface area (TPSA) is 44.1 Å². The molecule has 0 N–H and O–H groups in total. The van der Waals surface area contributed by atoms with E-state index < -0.39 is 13.0 Å². The molecule has 0 spiro atoms. The minimum Gasteiger partial charge on any atom is -0.375 e. The third-order valence-corrected chi connectivity index (χ3v) is 1.72. The van der Waals surface area contributed by atoms with E-state index in [-0.39, 0.29) is 18.8 Å². The zero-order chi connectivity index (χ0) is 11.3. The largest absolute Gasteiger partial charge is 0.375 e. The van der Waals surface area contributed by atoms with Crippen LogP contribution in [0.2, 0.25) is 0 Å². The van der Waals surface area contributed by atoms with E-state index in [1.807, 2.05) is 0 Å². The zero-order valence-electron chi connectivity index (χ0n) is 8.32. The highest BCUT2D eigenvalue weighted by Crippen LogP contribution is 2.00. The Bertz CT molecular complexity index is 326. The number of ketones is 1. The molecule has 4 nitrogen and oxygen atoms in total. The first-order chi connectivity index (χ1) is 7.09. The van der Waals surface area contributed by atoms with Crippen LogP contribution in [0.5, 0.6) is 0 Å². The van der Waals surface area contributed by atoms with Crippen LogP contribution >= 0.6 is 0 Å². The SMILES string of the molecule is Cn1ccc(C(=O)CCOCC(F)F)n1. The second-order valence-electron chi connectivity index (χ2n) is 3.01. The molecule has 0 aliphatic carbocycles. The molecule has 6 heteroatoms. The van der Waals surface area contributed by atoms with Crippen molar-refractivity contribution in [3.63, 3.8) is 0 Å². The number of Topliss-reactive ketones (excluding diaryl/α,β-unsaturated/α-hetero) is 1. The predicted octanol–water partition coefficient (Wildman–Crippen LogP) is 1.27. The van der Waals surface area contributed by atoms with E-state index in [4.69, 9.17) is 0 Å². The Morgan fingerprint density at radius 1 is 1.67 bits per heavy atom. The van der Waals surface area contributed by atoms with E-state index in [0.29, 0.717) is 5.69 Å². The second kappa shape index (κ2) is 5.55. The fourth-order valence-corrected chi connectivity index (χ4v) is 1.03. The quantitative estimate of drug-likeness (QED) is 0.533. The van der Waals surface area contributed by atoms with Crippen molar-refractivity contribution in [3.05, 3.63) is 18.0 Å². The molecule has 0 saturated heterocycles. The summed E-state index contributed by atoms with van der Waals surface area (Å²) in [6, 6.07) is 1.58. The van der Waals surface area contributed by atoms with Gasteiger partial charge in [0.15, 0.2) is 5.78 Å². The van der Waals surface area contributed by atoms with E-state index in [0.717, 1.165) is 0 Å². The molecule has 0 bridgehead atoms. The predicted molar refractivity (Wildman–Crippen MR) is 49.0 cm³/mol. The number of nitrogens with zero attached hydrogens (tertiary/aromatic N) is 2. The van der Waals surface area contributed by atoms with Gasteiger partial charge in [-0.3, -0.25) is 9.48 Å². The average Bonchev–Trinajstić information content (AvgIpc) is 2.59. The Balaban J connectivity index is 2.25. The van der Waals surface area contributed by atoms with Gasteiger partial charge in [-0.05, 0) is 6.07 Å². The number of carbonyl (C=O) groups is 1. The van der Waals surface area contributed by atoms with E-state index >= 15 is 0 Å². The van der Waals surface area contributed by atoms with Gasteiger partial charge in [0.2, 0.25) is 0 Å². The lowest BCUT2D eigenvalue weighted by Gasteiger charge is -2.01. The first-order valence-electron chi connectivity index (χ1n) is 4.48. The first kappa shape index (κ1) is 11.8. The highest BCUT2D eigenvalue weighted by molar-refractivity contribution is 5.94. The first-order valence-corrected chi connectivity index (χ1v) is 4.48. The lowest BCUT2D eigenvalue weighted by Crippen LogP contribution is -2.10. The summed E-state index contributed by atoms with van der Waals surface area (Å²) in [5.74, 6) is -0.204. The molecular formula is C9H12F2N2O2. The molecule has 0 aliphatic heterocycles. The highest BCUT2D eigenvalue weighted by Gasteiger charge is 2.09. The number of hydrogen-bond acceptors (Lipinski definition) is 3. The number of aryl methyl sites for hydroxylation is 1. The monoisotopic (exact) mass is 218 g/mol. The maximum atomic E-state index is 11.7. The van der Waals surface area contributed by atoms with Gasteiger partial charge in [0.1, 0.15) is 12.3 Å².